The van der Waals surface area contributed by atoms with Crippen LogP contribution in [-0.2, 0) is 9.53 Å². The predicted molar refractivity (Wildman–Crippen MR) is 61.6 cm³/mol. The minimum Gasteiger partial charge on any atom is -0.465 e. The molecule has 0 radical (unpaired) electrons. The zero-order chi connectivity index (χ0) is 11.3. The molecule has 0 aromatic heterocycles. The molecule has 2 nitrogen and oxygen atoms in total. The van der Waals surface area contributed by atoms with Crippen molar-refractivity contribution in [2.24, 2.45) is 0 Å². The van der Waals surface area contributed by atoms with E-state index >= 15 is 0 Å². The first-order valence-corrected chi connectivity index (χ1v) is 4.99. The molecular formula is C13H16O2. The smallest absolute Gasteiger partial charge is 0.302 e. The van der Waals surface area contributed by atoms with Crippen LogP contribution in [0.5, 0.6) is 0 Å². The van der Waals surface area contributed by atoms with E-state index in [1.54, 1.807) is 6.08 Å². The van der Waals surface area contributed by atoms with Crippen molar-refractivity contribution < 1.29 is 9.53 Å². The number of hydrogen-bond donors (Lipinski definition) is 0. The van der Waals surface area contributed by atoms with Crippen molar-refractivity contribution in [3.05, 3.63) is 42.0 Å². The fraction of sp³-hybridized carbons (Fsp3) is 0.308. The molecule has 0 bridgehead atoms. The third-order valence-corrected chi connectivity index (χ3v) is 2.28. The molecule has 15 heavy (non-hydrogen) atoms. The molecule has 0 aliphatic rings. The van der Waals surface area contributed by atoms with Gasteiger partial charge in [-0.3, -0.25) is 4.79 Å². The lowest BCUT2D eigenvalue weighted by Gasteiger charge is -2.11. The molecule has 0 amide bonds. The first-order chi connectivity index (χ1) is 7.13. The molecule has 1 aromatic carbocycles. The molecule has 1 unspecified atom stereocenters. The molecule has 0 fully saturated rings. The Bertz CT molecular complexity index is 338. The van der Waals surface area contributed by atoms with Gasteiger partial charge in [-0.1, -0.05) is 43.8 Å². The highest BCUT2D eigenvalue weighted by Crippen LogP contribution is 2.16. The number of ether oxygens (including phenoxy) is 1. The summed E-state index contributed by atoms with van der Waals surface area (Å²) in [4.78, 5) is 10.6. The Morgan fingerprint density at radius 1 is 1.47 bits per heavy atom. The Kier molecular flexibility index (Phi) is 4.10. The molecule has 0 spiro atoms. The molecule has 80 valence electrons. The van der Waals surface area contributed by atoms with Crippen LogP contribution < -0.4 is 0 Å². The summed E-state index contributed by atoms with van der Waals surface area (Å²) in [5.74, 6) is -0.00248. The second kappa shape index (κ2) is 5.35. The van der Waals surface area contributed by atoms with Gasteiger partial charge in [-0.15, -0.1) is 0 Å². The quantitative estimate of drug-likeness (QED) is 0.705. The Hall–Kier alpha value is -1.57. The molecule has 1 aromatic rings. The van der Waals surface area contributed by atoms with E-state index in [1.165, 1.54) is 12.5 Å². The molecule has 0 aliphatic heterocycles. The van der Waals surface area contributed by atoms with Gasteiger partial charge in [-0.2, -0.15) is 0 Å². The van der Waals surface area contributed by atoms with Gasteiger partial charge in [0.1, 0.15) is 0 Å². The maximum atomic E-state index is 10.6. The summed E-state index contributed by atoms with van der Waals surface area (Å²) < 4.78 is 4.96. The summed E-state index contributed by atoms with van der Waals surface area (Å²) in [7, 11) is 0. The van der Waals surface area contributed by atoms with Crippen molar-refractivity contribution in [2.75, 3.05) is 6.61 Å². The number of rotatable bonds is 4. The van der Waals surface area contributed by atoms with Crippen LogP contribution in [0.2, 0.25) is 0 Å². The number of benzene rings is 1. The summed E-state index contributed by atoms with van der Waals surface area (Å²) in [6.07, 6.45) is 1.81. The fourth-order valence-corrected chi connectivity index (χ4v) is 1.30. The van der Waals surface area contributed by atoms with E-state index in [1.807, 2.05) is 31.2 Å². The lowest BCUT2D eigenvalue weighted by molar-refractivity contribution is -0.141. The lowest BCUT2D eigenvalue weighted by atomic mass is 10.0. The first kappa shape index (κ1) is 11.5. The van der Waals surface area contributed by atoms with E-state index in [2.05, 4.69) is 6.58 Å². The molecule has 1 atom stereocenters. The summed E-state index contributed by atoms with van der Waals surface area (Å²) in [5.41, 5.74) is 2.26. The number of hydrogen-bond acceptors (Lipinski definition) is 2. The van der Waals surface area contributed by atoms with E-state index in [9.17, 15) is 4.79 Å². The van der Waals surface area contributed by atoms with Gasteiger partial charge in [0.2, 0.25) is 0 Å². The Morgan fingerprint density at radius 3 is 2.53 bits per heavy atom. The van der Waals surface area contributed by atoms with Crippen LogP contribution in [0.25, 0.3) is 6.08 Å². The maximum absolute atomic E-state index is 10.6. The molecule has 0 saturated heterocycles. The van der Waals surface area contributed by atoms with Gasteiger partial charge in [0, 0.05) is 12.8 Å². The molecule has 2 heteroatoms. The number of carbonyl (C=O) groups excluding carboxylic acids is 1. The van der Waals surface area contributed by atoms with E-state index in [0.29, 0.717) is 6.61 Å². The van der Waals surface area contributed by atoms with Crippen LogP contribution in [0.15, 0.2) is 30.8 Å². The van der Waals surface area contributed by atoms with Crippen LogP contribution in [0.3, 0.4) is 0 Å². The highest BCUT2D eigenvalue weighted by atomic mass is 16.5. The van der Waals surface area contributed by atoms with Gasteiger partial charge in [-0.05, 0) is 11.1 Å². The zero-order valence-corrected chi connectivity index (χ0v) is 9.19. The number of carbonyl (C=O) groups is 1. The standard InChI is InChI=1S/C13H16O2/c1-4-12-5-7-13(8-6-12)10(2)9-15-11(3)14/h4-8,10H,1,9H2,2-3H3. The van der Waals surface area contributed by atoms with Crippen LogP contribution in [0.4, 0.5) is 0 Å². The maximum Gasteiger partial charge on any atom is 0.302 e. The topological polar surface area (TPSA) is 26.3 Å². The van der Waals surface area contributed by atoms with Gasteiger partial charge in [-0.25, -0.2) is 0 Å². The second-order valence-electron chi connectivity index (χ2n) is 3.57. The van der Waals surface area contributed by atoms with Gasteiger partial charge in [0.05, 0.1) is 6.61 Å². The van der Waals surface area contributed by atoms with Crippen LogP contribution in [-0.4, -0.2) is 12.6 Å². The average Bonchev–Trinajstić information content (AvgIpc) is 2.26. The Morgan fingerprint density at radius 2 is 2.07 bits per heavy atom. The summed E-state index contributed by atoms with van der Waals surface area (Å²) in [5, 5.41) is 0. The van der Waals surface area contributed by atoms with Crippen molar-refractivity contribution in [3.63, 3.8) is 0 Å². The van der Waals surface area contributed by atoms with E-state index < -0.39 is 0 Å². The highest BCUT2D eigenvalue weighted by Gasteiger charge is 2.06. The van der Waals surface area contributed by atoms with Crippen molar-refractivity contribution in [3.8, 4) is 0 Å². The molecule has 0 aliphatic carbocycles. The van der Waals surface area contributed by atoms with Crippen LogP contribution in [0.1, 0.15) is 30.9 Å². The summed E-state index contributed by atoms with van der Waals surface area (Å²) >= 11 is 0. The van der Waals surface area contributed by atoms with Crippen molar-refractivity contribution in [1.82, 2.24) is 0 Å². The molecule has 0 N–H and O–H groups in total. The number of esters is 1. The Balaban J connectivity index is 2.61. The predicted octanol–water partition coefficient (Wildman–Crippen LogP) is 3.00. The largest absolute Gasteiger partial charge is 0.465 e. The Labute approximate surface area is 90.6 Å². The zero-order valence-electron chi connectivity index (χ0n) is 9.19. The highest BCUT2D eigenvalue weighted by molar-refractivity contribution is 5.65. The molecular weight excluding hydrogens is 188 g/mol. The minimum atomic E-state index is -0.232. The van der Waals surface area contributed by atoms with E-state index in [4.69, 9.17) is 4.74 Å². The summed E-state index contributed by atoms with van der Waals surface area (Å²) in [6, 6.07) is 8.08. The third kappa shape index (κ3) is 3.58. The third-order valence-electron chi connectivity index (χ3n) is 2.28. The van der Waals surface area contributed by atoms with Crippen molar-refractivity contribution in [1.29, 1.82) is 0 Å². The fourth-order valence-electron chi connectivity index (χ4n) is 1.30. The SMILES string of the molecule is C=Cc1ccc(C(C)COC(C)=O)cc1. The lowest BCUT2D eigenvalue weighted by Crippen LogP contribution is -2.07. The van der Waals surface area contributed by atoms with E-state index in [0.717, 1.165) is 5.56 Å². The van der Waals surface area contributed by atoms with Gasteiger partial charge < -0.3 is 4.74 Å². The average molecular weight is 204 g/mol. The molecule has 1 rings (SSSR count). The van der Waals surface area contributed by atoms with Crippen LogP contribution >= 0.6 is 0 Å². The molecule has 0 saturated carbocycles. The van der Waals surface area contributed by atoms with Crippen LogP contribution in [0, 0.1) is 0 Å². The second-order valence-corrected chi connectivity index (χ2v) is 3.57. The van der Waals surface area contributed by atoms with Crippen molar-refractivity contribution >= 4 is 12.0 Å². The van der Waals surface area contributed by atoms with Crippen molar-refractivity contribution in [2.45, 2.75) is 19.8 Å². The monoisotopic (exact) mass is 204 g/mol. The van der Waals surface area contributed by atoms with Gasteiger partial charge in [0.25, 0.3) is 0 Å². The van der Waals surface area contributed by atoms with Gasteiger partial charge in [0.15, 0.2) is 0 Å². The minimum absolute atomic E-state index is 0.229. The van der Waals surface area contributed by atoms with Gasteiger partial charge >= 0.3 is 5.97 Å². The normalized spacial score (nSPS) is 11.9. The summed E-state index contributed by atoms with van der Waals surface area (Å²) in [6.45, 7) is 7.59. The van der Waals surface area contributed by atoms with E-state index in [-0.39, 0.29) is 11.9 Å². The first-order valence-electron chi connectivity index (χ1n) is 4.99. The molecule has 0 heterocycles.